The first-order valence-electron chi connectivity index (χ1n) is 5.54. The zero-order valence-electron chi connectivity index (χ0n) is 10.3. The van der Waals surface area contributed by atoms with Crippen molar-refractivity contribution in [2.45, 2.75) is 6.92 Å². The third-order valence-corrected chi connectivity index (χ3v) is 2.71. The van der Waals surface area contributed by atoms with Crippen molar-refractivity contribution in [2.24, 2.45) is 0 Å². The molecule has 8 heteroatoms. The largest absolute Gasteiger partial charge is 0.453 e. The Labute approximate surface area is 104 Å². The maximum absolute atomic E-state index is 12.0. The molecule has 0 radical (unpaired) electrons. The van der Waals surface area contributed by atoms with Crippen molar-refractivity contribution in [3.05, 3.63) is 11.8 Å². The van der Waals surface area contributed by atoms with E-state index in [-0.39, 0.29) is 17.9 Å². The van der Waals surface area contributed by atoms with Crippen LogP contribution in [0.5, 0.6) is 0 Å². The van der Waals surface area contributed by atoms with Crippen LogP contribution in [-0.2, 0) is 4.74 Å². The van der Waals surface area contributed by atoms with Gasteiger partial charge in [0.05, 0.1) is 7.11 Å². The van der Waals surface area contributed by atoms with E-state index in [4.69, 9.17) is 4.42 Å². The predicted molar refractivity (Wildman–Crippen MR) is 58.9 cm³/mol. The second-order valence-corrected chi connectivity index (χ2v) is 3.88. The minimum absolute atomic E-state index is 0.0148. The number of carbonyl (C=O) groups is 2. The van der Waals surface area contributed by atoms with Gasteiger partial charge in [0.2, 0.25) is 5.89 Å². The van der Waals surface area contributed by atoms with E-state index in [1.807, 2.05) is 0 Å². The van der Waals surface area contributed by atoms with Gasteiger partial charge in [-0.25, -0.2) is 4.79 Å². The highest BCUT2D eigenvalue weighted by molar-refractivity contribution is 5.89. The molecule has 0 atom stereocenters. The summed E-state index contributed by atoms with van der Waals surface area (Å²) in [6, 6.07) is 0. The summed E-state index contributed by atoms with van der Waals surface area (Å²) >= 11 is 0. The Hall–Kier alpha value is -2.12. The lowest BCUT2D eigenvalue weighted by Gasteiger charge is -2.32. The molecule has 1 aromatic rings. The molecule has 98 valence electrons. The molecule has 1 aliphatic rings. The first-order chi connectivity index (χ1) is 8.61. The maximum atomic E-state index is 12.0. The van der Waals surface area contributed by atoms with Gasteiger partial charge in [-0.05, 0) is 0 Å². The van der Waals surface area contributed by atoms with Crippen LogP contribution in [0.15, 0.2) is 4.42 Å². The number of amides is 2. The number of carbonyl (C=O) groups excluding carboxylic acids is 2. The normalized spacial score (nSPS) is 15.7. The number of methoxy groups -OCH3 is 1. The lowest BCUT2D eigenvalue weighted by Crippen LogP contribution is -2.50. The van der Waals surface area contributed by atoms with Gasteiger partial charge in [0.1, 0.15) is 0 Å². The quantitative estimate of drug-likeness (QED) is 0.695. The van der Waals surface area contributed by atoms with Crippen molar-refractivity contribution in [3.63, 3.8) is 0 Å². The topological polar surface area (TPSA) is 88.8 Å². The summed E-state index contributed by atoms with van der Waals surface area (Å²) in [6.45, 7) is 3.35. The van der Waals surface area contributed by atoms with Crippen LogP contribution in [0.25, 0.3) is 0 Å². The fourth-order valence-corrected chi connectivity index (χ4v) is 1.74. The third-order valence-electron chi connectivity index (χ3n) is 2.71. The molecule has 18 heavy (non-hydrogen) atoms. The number of piperazine rings is 1. The van der Waals surface area contributed by atoms with Crippen LogP contribution in [0.1, 0.15) is 16.6 Å². The molecule has 0 aliphatic carbocycles. The van der Waals surface area contributed by atoms with Gasteiger partial charge in [-0.15, -0.1) is 10.2 Å². The summed E-state index contributed by atoms with van der Waals surface area (Å²) in [6.07, 6.45) is -0.379. The van der Waals surface area contributed by atoms with Crippen LogP contribution >= 0.6 is 0 Å². The highest BCUT2D eigenvalue weighted by atomic mass is 16.5. The highest BCUT2D eigenvalue weighted by Crippen LogP contribution is 2.08. The molecular weight excluding hydrogens is 240 g/mol. The van der Waals surface area contributed by atoms with Gasteiger partial charge in [0.25, 0.3) is 0 Å². The van der Waals surface area contributed by atoms with Crippen molar-refractivity contribution in [1.29, 1.82) is 0 Å². The number of hydrogen-bond donors (Lipinski definition) is 0. The first-order valence-corrected chi connectivity index (χ1v) is 5.54. The standard InChI is InChI=1S/C10H14N4O4/c1-7-11-12-8(18-7)9(15)13-3-5-14(6-4-13)10(16)17-2/h3-6H2,1-2H3. The average molecular weight is 254 g/mol. The fraction of sp³-hybridized carbons (Fsp3) is 0.600. The number of nitrogens with zero attached hydrogens (tertiary/aromatic N) is 4. The van der Waals surface area contributed by atoms with E-state index in [0.29, 0.717) is 32.1 Å². The summed E-state index contributed by atoms with van der Waals surface area (Å²) in [5.41, 5.74) is 0. The Morgan fingerprint density at radius 3 is 2.28 bits per heavy atom. The van der Waals surface area contributed by atoms with E-state index >= 15 is 0 Å². The monoisotopic (exact) mass is 254 g/mol. The minimum Gasteiger partial charge on any atom is -0.453 e. The third kappa shape index (κ3) is 2.41. The number of aromatic nitrogens is 2. The molecule has 8 nitrogen and oxygen atoms in total. The second kappa shape index (κ2) is 5.03. The molecule has 2 amide bonds. The molecule has 1 aliphatic heterocycles. The molecule has 0 unspecified atom stereocenters. The zero-order chi connectivity index (χ0) is 13.1. The maximum Gasteiger partial charge on any atom is 0.409 e. The van der Waals surface area contributed by atoms with Crippen molar-refractivity contribution in [1.82, 2.24) is 20.0 Å². The van der Waals surface area contributed by atoms with E-state index in [0.717, 1.165) is 0 Å². The van der Waals surface area contributed by atoms with E-state index < -0.39 is 0 Å². The molecule has 2 rings (SSSR count). The first kappa shape index (κ1) is 12.3. The summed E-state index contributed by atoms with van der Waals surface area (Å²) < 4.78 is 9.69. The van der Waals surface area contributed by atoms with E-state index in [9.17, 15) is 9.59 Å². The Morgan fingerprint density at radius 1 is 1.17 bits per heavy atom. The van der Waals surface area contributed by atoms with Crippen LogP contribution in [0.3, 0.4) is 0 Å². The van der Waals surface area contributed by atoms with Gasteiger partial charge in [0, 0.05) is 33.1 Å². The van der Waals surface area contributed by atoms with Gasteiger partial charge in [-0.2, -0.15) is 0 Å². The molecular formula is C10H14N4O4. The van der Waals surface area contributed by atoms with E-state index in [1.54, 1.807) is 16.7 Å². The van der Waals surface area contributed by atoms with Crippen LogP contribution in [0, 0.1) is 6.92 Å². The molecule has 0 N–H and O–H groups in total. The van der Waals surface area contributed by atoms with Crippen LogP contribution < -0.4 is 0 Å². The van der Waals surface area contributed by atoms with Gasteiger partial charge < -0.3 is 19.0 Å². The predicted octanol–water partition coefficient (Wildman–Crippen LogP) is -0.0978. The molecule has 0 bridgehead atoms. The number of aryl methyl sites for hydroxylation is 1. The Balaban J connectivity index is 1.94. The van der Waals surface area contributed by atoms with Gasteiger partial charge in [-0.1, -0.05) is 0 Å². The molecule has 1 aromatic heterocycles. The number of hydrogen-bond acceptors (Lipinski definition) is 6. The Kier molecular flexibility index (Phi) is 3.45. The SMILES string of the molecule is COC(=O)N1CCN(C(=O)c2nnc(C)o2)CC1. The fourth-order valence-electron chi connectivity index (χ4n) is 1.74. The molecule has 1 fully saturated rings. The molecule has 0 saturated carbocycles. The summed E-state index contributed by atoms with van der Waals surface area (Å²) in [4.78, 5) is 26.4. The zero-order valence-corrected chi connectivity index (χ0v) is 10.3. The summed E-state index contributed by atoms with van der Waals surface area (Å²) in [5, 5.41) is 7.29. The van der Waals surface area contributed by atoms with Crippen LogP contribution in [0.4, 0.5) is 4.79 Å². The smallest absolute Gasteiger partial charge is 0.409 e. The van der Waals surface area contributed by atoms with Crippen LogP contribution in [-0.4, -0.2) is 65.3 Å². The van der Waals surface area contributed by atoms with Gasteiger partial charge in [0.15, 0.2) is 0 Å². The van der Waals surface area contributed by atoms with Crippen LogP contribution in [0.2, 0.25) is 0 Å². The van der Waals surface area contributed by atoms with Gasteiger partial charge >= 0.3 is 17.9 Å². The van der Waals surface area contributed by atoms with Gasteiger partial charge in [-0.3, -0.25) is 4.79 Å². The Bertz CT molecular complexity index is 450. The molecule has 0 aromatic carbocycles. The average Bonchev–Trinajstić information content (AvgIpc) is 2.84. The van der Waals surface area contributed by atoms with Crippen molar-refractivity contribution >= 4 is 12.0 Å². The summed E-state index contributed by atoms with van der Waals surface area (Å²) in [7, 11) is 1.33. The minimum atomic E-state index is -0.379. The van der Waals surface area contributed by atoms with Crippen molar-refractivity contribution in [3.8, 4) is 0 Å². The molecule has 0 spiro atoms. The molecule has 1 saturated heterocycles. The van der Waals surface area contributed by atoms with E-state index in [2.05, 4.69) is 14.9 Å². The van der Waals surface area contributed by atoms with Crippen molar-refractivity contribution < 1.29 is 18.7 Å². The lowest BCUT2D eigenvalue weighted by molar-refractivity contribution is 0.0565. The number of ether oxygens (including phenoxy) is 1. The second-order valence-electron chi connectivity index (χ2n) is 3.88. The number of rotatable bonds is 1. The Morgan fingerprint density at radius 2 is 1.78 bits per heavy atom. The summed E-state index contributed by atoms with van der Waals surface area (Å²) in [5.74, 6) is 0.0330. The highest BCUT2D eigenvalue weighted by Gasteiger charge is 2.27. The van der Waals surface area contributed by atoms with E-state index in [1.165, 1.54) is 7.11 Å². The van der Waals surface area contributed by atoms with Crippen molar-refractivity contribution in [2.75, 3.05) is 33.3 Å². The molecule has 2 heterocycles. The lowest BCUT2D eigenvalue weighted by atomic mass is 10.3.